The van der Waals surface area contributed by atoms with Crippen molar-refractivity contribution in [3.8, 4) is 30.4 Å². The molecule has 5 heterocycles. The number of carboxylic acids is 1. The average molecular weight is 980 g/mol. The Kier molecular flexibility index (Phi) is 16.1. The number of esters is 1. The first-order valence-corrected chi connectivity index (χ1v) is 23.2. The van der Waals surface area contributed by atoms with Gasteiger partial charge in [-0.25, -0.2) is 14.2 Å². The molecule has 0 spiro atoms. The maximum atomic E-state index is 13.8. The topological polar surface area (TPSA) is 339 Å². The van der Waals surface area contributed by atoms with Crippen LogP contribution in [0.1, 0.15) is 33.9 Å². The van der Waals surface area contributed by atoms with Crippen LogP contribution in [0, 0.1) is 30.6 Å². The number of nitrogens with one attached hydrogen (secondary N) is 3. The van der Waals surface area contributed by atoms with Gasteiger partial charge in [0.1, 0.15) is 35.9 Å². The first-order chi connectivity index (χ1) is 31.4. The Morgan fingerprint density at radius 3 is 2.25 bits per heavy atom. The van der Waals surface area contributed by atoms with Gasteiger partial charge in [0.25, 0.3) is 17.1 Å². The van der Waals surface area contributed by atoms with Gasteiger partial charge in [-0.15, -0.1) is 12.8 Å². The molecule has 6 rings (SSSR count). The number of benzene rings is 1. The van der Waals surface area contributed by atoms with Gasteiger partial charge in [-0.1, -0.05) is 37.6 Å². The zero-order valence-corrected chi connectivity index (χ0v) is 37.8. The maximum absolute atomic E-state index is 13.8. The van der Waals surface area contributed by atoms with Crippen molar-refractivity contribution in [2.24, 2.45) is 5.92 Å². The Bertz CT molecular complexity index is 2560. The van der Waals surface area contributed by atoms with Crippen molar-refractivity contribution < 1.29 is 85.8 Å². The summed E-state index contributed by atoms with van der Waals surface area (Å²) < 4.78 is 70.0. The van der Waals surface area contributed by atoms with Crippen LogP contribution >= 0.6 is 15.3 Å². The van der Waals surface area contributed by atoms with Gasteiger partial charge in [-0.3, -0.25) is 37.8 Å². The number of fused-ring (bicyclic) bond motifs is 1. The summed E-state index contributed by atoms with van der Waals surface area (Å²) in [6, 6.07) is 8.05. The third-order valence-electron chi connectivity index (χ3n) is 9.97. The number of carbonyl (C=O) groups is 4. The number of nitrogens with zero attached hydrogens (tertiary/aromatic N) is 2. The number of aliphatic hydroxyl groups excluding tert-OH is 1. The monoisotopic (exact) mass is 979 g/mol. The number of para-hydroxylation sites is 1. The molecule has 2 unspecified atom stereocenters. The average Bonchev–Trinajstić information content (AvgIpc) is 3.84. The van der Waals surface area contributed by atoms with E-state index in [9.17, 15) is 53.0 Å². The molecular weight excluding hydrogens is 932 g/mol. The predicted molar refractivity (Wildman–Crippen MR) is 227 cm³/mol. The molecular formula is C40H47N5O20P2. The third-order valence-corrected chi connectivity index (χ3v) is 13.2. The molecule has 4 aliphatic rings. The van der Waals surface area contributed by atoms with Crippen molar-refractivity contribution in [1.29, 1.82) is 0 Å². The van der Waals surface area contributed by atoms with E-state index in [4.69, 9.17) is 55.2 Å². The number of terminal acetylenes is 2. The lowest BCUT2D eigenvalue weighted by Gasteiger charge is -2.35. The van der Waals surface area contributed by atoms with Gasteiger partial charge in [0.15, 0.2) is 24.2 Å². The highest BCUT2D eigenvalue weighted by atomic mass is 31.2. The van der Waals surface area contributed by atoms with Crippen LogP contribution in [0.4, 0.5) is 4.79 Å². The highest BCUT2D eigenvalue weighted by Crippen LogP contribution is 2.49. The molecule has 0 radical (unpaired) electrons. The van der Waals surface area contributed by atoms with Gasteiger partial charge in [-0.2, -0.15) is 5.09 Å². The van der Waals surface area contributed by atoms with Crippen LogP contribution in [0.2, 0.25) is 0 Å². The fourth-order valence-corrected chi connectivity index (χ4v) is 9.54. The molecule has 4 aliphatic heterocycles. The molecule has 27 heteroatoms. The number of H-pyrrole nitrogens is 1. The van der Waals surface area contributed by atoms with E-state index in [2.05, 4.69) is 22.9 Å². The molecule has 1 aromatic heterocycles. The van der Waals surface area contributed by atoms with Crippen LogP contribution < -0.4 is 26.2 Å². The van der Waals surface area contributed by atoms with Crippen LogP contribution in [0.3, 0.4) is 0 Å². The zero-order valence-electron chi connectivity index (χ0n) is 36.0. The molecule has 67 heavy (non-hydrogen) atoms. The Labute approximate surface area is 381 Å². The van der Waals surface area contributed by atoms with E-state index in [1.165, 1.54) is 31.0 Å². The summed E-state index contributed by atoms with van der Waals surface area (Å²) in [6.07, 6.45) is 4.15. The minimum absolute atomic E-state index is 0.114. The van der Waals surface area contributed by atoms with Crippen LogP contribution in [0.5, 0.6) is 5.75 Å². The number of ether oxygens (including phenoxy) is 5. The zero-order chi connectivity index (χ0) is 49.6. The summed E-state index contributed by atoms with van der Waals surface area (Å²) in [4.78, 5) is 83.3. The predicted octanol–water partition coefficient (Wildman–Crippen LogP) is 0.251. The Balaban J connectivity index is 0.000000265. The van der Waals surface area contributed by atoms with E-state index in [0.717, 1.165) is 16.8 Å². The Morgan fingerprint density at radius 2 is 1.66 bits per heavy atom. The highest BCUT2D eigenvalue weighted by molar-refractivity contribution is 7.53. The quantitative estimate of drug-likeness (QED) is 0.0635. The smallest absolute Gasteiger partial charge is 0.481 e. The SMILES string of the molecule is C#C[C@@]1(O)[C@H](O)[C@@H](COP(=O)(O)C[C@@H](C)C(=O)O)O[C@H]1n1ccc(=O)[nH]c1=O.C#C[C@@]12OC(=O)O[C@@H]1[C@@H](COP(=O)(N[C@@H](C)C(=O)OC(C)C)Oc1ccccc1)O[C@H]2N1C=CC(=O)NC1=C. The van der Waals surface area contributed by atoms with E-state index in [1.54, 1.807) is 44.2 Å². The van der Waals surface area contributed by atoms with Gasteiger partial charge in [0, 0.05) is 24.5 Å². The van der Waals surface area contributed by atoms with Crippen molar-refractivity contribution in [3.63, 3.8) is 0 Å². The van der Waals surface area contributed by atoms with Gasteiger partial charge >= 0.3 is 39.1 Å². The van der Waals surface area contributed by atoms with Crippen molar-refractivity contribution >= 4 is 39.3 Å². The molecule has 3 saturated heterocycles. The van der Waals surface area contributed by atoms with Crippen LogP contribution in [0.15, 0.2) is 76.9 Å². The second-order valence-electron chi connectivity index (χ2n) is 15.4. The van der Waals surface area contributed by atoms with Crippen molar-refractivity contribution in [2.45, 2.75) is 87.9 Å². The molecule has 25 nitrogen and oxygen atoms in total. The number of aromatic amines is 1. The maximum Gasteiger partial charge on any atom is 0.510 e. The van der Waals surface area contributed by atoms with E-state index in [0.29, 0.717) is 0 Å². The lowest BCUT2D eigenvalue weighted by atomic mass is 9.94. The number of rotatable bonds is 17. The molecule has 1 aromatic carbocycles. The number of amides is 1. The molecule has 1 amide bonds. The number of hydrogen-bond donors (Lipinski definition) is 7. The first-order valence-electron chi connectivity index (χ1n) is 19.9. The highest BCUT2D eigenvalue weighted by Gasteiger charge is 2.68. The van der Waals surface area contributed by atoms with Gasteiger partial charge in [0.2, 0.25) is 0 Å². The fraction of sp³-hybridized carbons (Fsp3) is 0.450. The number of hydrogen-bond acceptors (Lipinski definition) is 19. The summed E-state index contributed by atoms with van der Waals surface area (Å²) in [5.41, 5.74) is -5.85. The summed E-state index contributed by atoms with van der Waals surface area (Å²) in [6.45, 7) is 8.59. The largest absolute Gasteiger partial charge is 0.510 e. The van der Waals surface area contributed by atoms with Crippen LogP contribution in [0.25, 0.3) is 0 Å². The van der Waals surface area contributed by atoms with Crippen molar-refractivity contribution in [2.75, 3.05) is 19.4 Å². The second-order valence-corrected chi connectivity index (χ2v) is 19.0. The molecule has 12 atom stereocenters. The van der Waals surface area contributed by atoms with Crippen molar-refractivity contribution in [3.05, 3.63) is 88.1 Å². The minimum atomic E-state index is -4.36. The summed E-state index contributed by atoms with van der Waals surface area (Å²) in [5, 5.41) is 34.8. The summed E-state index contributed by atoms with van der Waals surface area (Å²) in [5.74, 6) is 1.09. The van der Waals surface area contributed by atoms with E-state index in [1.807, 2.05) is 10.9 Å². The molecule has 7 N–H and O–H groups in total. The molecule has 362 valence electrons. The van der Waals surface area contributed by atoms with Crippen molar-refractivity contribution in [1.82, 2.24) is 24.9 Å². The number of aliphatic carboxylic acids is 1. The van der Waals surface area contributed by atoms with E-state index in [-0.39, 0.29) is 11.6 Å². The minimum Gasteiger partial charge on any atom is -0.481 e. The standard InChI is InChI=1S/C25H28N3O10P.C15H19N2O10P/c1-6-25-21(36-24(31)37-25)19(35-23(25)28-13-12-20(29)26-17(28)5)14-33-39(32,38-18-10-8-7-9-11-18)27-16(4)22(30)34-15(2)3;1-3-15(23)11(19)9(6-26-28(24,25)7-8(2)12(20)21)27-13(15)17-5-4-10(18)16-14(17)22/h1,7-13,15-16,19,21,23H,5,14H2,2-4H3,(H,26,29)(H,27,32);1,4-5,8-9,11,13,19,23H,6-7H2,2H3,(H,20,21)(H,24,25)(H,16,18,22)/t16-,19+,21+,23+,25+,39?;8-,9-,11-,13-,15-/m01/s1. The van der Waals surface area contributed by atoms with Gasteiger partial charge in [-0.05, 0) is 38.8 Å². The summed E-state index contributed by atoms with van der Waals surface area (Å²) >= 11 is 0. The lowest BCUT2D eigenvalue weighted by molar-refractivity contribution is -0.149. The molecule has 0 saturated carbocycles. The number of carbonyl (C=O) groups excluding carboxylic acids is 3. The molecule has 3 fully saturated rings. The molecule has 0 bridgehead atoms. The first kappa shape index (κ1) is 51.9. The molecule has 2 aromatic rings. The Morgan fingerprint density at radius 1 is 1.00 bits per heavy atom. The van der Waals surface area contributed by atoms with Gasteiger partial charge in [0.05, 0.1) is 31.4 Å². The normalized spacial score (nSPS) is 29.0. The third kappa shape index (κ3) is 11.9. The van der Waals surface area contributed by atoms with E-state index < -0.39 is 136 Å². The number of carboxylic acid groups (broad SMARTS) is 1. The molecule has 0 aliphatic carbocycles. The summed E-state index contributed by atoms with van der Waals surface area (Å²) in [7, 11) is -8.63. The van der Waals surface area contributed by atoms with E-state index >= 15 is 0 Å². The fourth-order valence-electron chi connectivity index (χ4n) is 6.70. The number of aromatic nitrogens is 2. The lowest BCUT2D eigenvalue weighted by Crippen LogP contribution is -2.54. The van der Waals surface area contributed by atoms with Gasteiger partial charge < -0.3 is 63.2 Å². The van der Waals surface area contributed by atoms with Crippen LogP contribution in [-0.4, -0.2) is 132 Å². The number of aliphatic hydroxyl groups is 2. The Hall–Kier alpha value is -6.08. The second kappa shape index (κ2) is 20.8. The van der Waals surface area contributed by atoms with Crippen LogP contribution in [-0.2, 0) is 56.2 Å².